The number of nitrogens with zero attached hydrogens (tertiary/aromatic N) is 1. The number of aromatic hydroxyl groups is 1. The smallest absolute Gasteiger partial charge is 0.137 e. The molecule has 4 nitrogen and oxygen atoms in total. The summed E-state index contributed by atoms with van der Waals surface area (Å²) in [5, 5.41) is 20.3. The molecular formula is C13H19N3O. The molecule has 0 saturated heterocycles. The van der Waals surface area contributed by atoms with Crippen LogP contribution in [0.15, 0.2) is 17.8 Å². The van der Waals surface area contributed by atoms with Gasteiger partial charge in [-0.2, -0.15) is 0 Å². The summed E-state index contributed by atoms with van der Waals surface area (Å²) in [6.45, 7) is 6.52. The average Bonchev–Trinajstić information content (AvgIpc) is 2.33. The van der Waals surface area contributed by atoms with Crippen LogP contribution >= 0.6 is 0 Å². The topological polar surface area (TPSA) is 69.0 Å². The second kappa shape index (κ2) is 6.03. The van der Waals surface area contributed by atoms with Crippen LogP contribution in [0, 0.1) is 12.3 Å². The number of rotatable bonds is 5. The Bertz CT molecular complexity index is 438. The van der Waals surface area contributed by atoms with Crippen LogP contribution in [0.25, 0.3) is 5.70 Å². The summed E-state index contributed by atoms with van der Waals surface area (Å²) in [4.78, 5) is 4.13. The normalized spacial score (nSPS) is 11.9. The Kier molecular flexibility index (Phi) is 4.69. The predicted molar refractivity (Wildman–Crippen MR) is 70.3 cm³/mol. The van der Waals surface area contributed by atoms with E-state index in [2.05, 4.69) is 10.3 Å². The first kappa shape index (κ1) is 13.2. The molecular weight excluding hydrogens is 214 g/mol. The lowest BCUT2D eigenvalue weighted by Gasteiger charge is -2.13. The lowest BCUT2D eigenvalue weighted by molar-refractivity contribution is 0.467. The standard InChI is InChI=1S/C13H19N3O/c1-4-10(7-14)13(15-5-2)11-6-12(17)9(3)16-8-11/h6-8,14-15,17H,4-5H2,1-3H3/b13-10-,14-7?. The highest BCUT2D eigenvalue weighted by molar-refractivity contribution is 5.88. The number of hydrogen-bond donors (Lipinski definition) is 3. The summed E-state index contributed by atoms with van der Waals surface area (Å²) >= 11 is 0. The van der Waals surface area contributed by atoms with E-state index in [4.69, 9.17) is 5.41 Å². The molecule has 0 aromatic carbocycles. The summed E-state index contributed by atoms with van der Waals surface area (Å²) < 4.78 is 0. The van der Waals surface area contributed by atoms with Gasteiger partial charge in [0.05, 0.1) is 5.69 Å². The molecule has 1 heterocycles. The van der Waals surface area contributed by atoms with E-state index in [1.54, 1.807) is 19.2 Å². The highest BCUT2D eigenvalue weighted by Gasteiger charge is 2.08. The molecule has 1 aromatic rings. The maximum atomic E-state index is 9.67. The summed E-state index contributed by atoms with van der Waals surface area (Å²) in [6.07, 6.45) is 3.82. The first-order valence-corrected chi connectivity index (χ1v) is 5.77. The molecule has 92 valence electrons. The Labute approximate surface area is 102 Å². The van der Waals surface area contributed by atoms with E-state index >= 15 is 0 Å². The second-order valence-corrected chi connectivity index (χ2v) is 3.76. The van der Waals surface area contributed by atoms with Crippen LogP contribution in [-0.4, -0.2) is 22.8 Å². The number of nitrogens with one attached hydrogen (secondary N) is 2. The molecule has 0 spiro atoms. The molecule has 0 amide bonds. The maximum absolute atomic E-state index is 9.67. The molecule has 0 aliphatic carbocycles. The lowest BCUT2D eigenvalue weighted by atomic mass is 10.1. The third-order valence-electron chi connectivity index (χ3n) is 2.58. The molecule has 0 aliphatic heterocycles. The summed E-state index contributed by atoms with van der Waals surface area (Å²) in [5.41, 5.74) is 3.19. The van der Waals surface area contributed by atoms with Crippen LogP contribution in [0.5, 0.6) is 5.75 Å². The van der Waals surface area contributed by atoms with Gasteiger partial charge in [0.2, 0.25) is 0 Å². The molecule has 0 saturated carbocycles. The summed E-state index contributed by atoms with van der Waals surface area (Å²) in [5.74, 6) is 0.179. The van der Waals surface area contributed by atoms with Crippen molar-refractivity contribution in [1.82, 2.24) is 10.3 Å². The highest BCUT2D eigenvalue weighted by Crippen LogP contribution is 2.22. The molecule has 1 rings (SSSR count). The number of hydrogen-bond acceptors (Lipinski definition) is 4. The van der Waals surface area contributed by atoms with Crippen molar-refractivity contribution >= 4 is 11.9 Å². The first-order valence-electron chi connectivity index (χ1n) is 5.77. The SMILES string of the molecule is CCN/C(=C(\C=N)CC)c1cnc(C)c(O)c1. The molecule has 17 heavy (non-hydrogen) atoms. The van der Waals surface area contributed by atoms with Crippen LogP contribution in [0.2, 0.25) is 0 Å². The van der Waals surface area contributed by atoms with Crippen molar-refractivity contribution in [3.8, 4) is 5.75 Å². The number of aromatic nitrogens is 1. The van der Waals surface area contributed by atoms with Crippen LogP contribution in [-0.2, 0) is 0 Å². The van der Waals surface area contributed by atoms with Crippen LogP contribution in [0.3, 0.4) is 0 Å². The zero-order valence-electron chi connectivity index (χ0n) is 10.5. The van der Waals surface area contributed by atoms with Crippen LogP contribution < -0.4 is 5.32 Å². The van der Waals surface area contributed by atoms with Crippen molar-refractivity contribution in [3.63, 3.8) is 0 Å². The number of allylic oxidation sites excluding steroid dienone is 1. The lowest BCUT2D eigenvalue weighted by Crippen LogP contribution is -2.14. The summed E-state index contributed by atoms with van der Waals surface area (Å²) in [6, 6.07) is 1.68. The van der Waals surface area contributed by atoms with Crippen molar-refractivity contribution in [1.29, 1.82) is 5.41 Å². The van der Waals surface area contributed by atoms with Crippen molar-refractivity contribution < 1.29 is 5.11 Å². The van der Waals surface area contributed by atoms with E-state index in [1.807, 2.05) is 13.8 Å². The van der Waals surface area contributed by atoms with Gasteiger partial charge in [-0.05, 0) is 31.9 Å². The Morgan fingerprint density at radius 3 is 2.71 bits per heavy atom. The minimum atomic E-state index is 0.179. The molecule has 0 bridgehead atoms. The van der Waals surface area contributed by atoms with Gasteiger partial charge in [0.1, 0.15) is 5.75 Å². The van der Waals surface area contributed by atoms with E-state index in [0.29, 0.717) is 5.69 Å². The molecule has 0 fully saturated rings. The molecule has 1 aromatic heterocycles. The molecule has 0 atom stereocenters. The maximum Gasteiger partial charge on any atom is 0.137 e. The van der Waals surface area contributed by atoms with Crippen LogP contribution in [0.4, 0.5) is 0 Å². The van der Waals surface area contributed by atoms with E-state index in [0.717, 1.165) is 29.8 Å². The average molecular weight is 233 g/mol. The fourth-order valence-electron chi connectivity index (χ4n) is 1.59. The predicted octanol–water partition coefficient (Wildman–Crippen LogP) is 2.48. The van der Waals surface area contributed by atoms with Gasteiger partial charge in [-0.1, -0.05) is 6.92 Å². The third kappa shape index (κ3) is 3.06. The number of pyridine rings is 1. The second-order valence-electron chi connectivity index (χ2n) is 3.76. The van der Waals surface area contributed by atoms with Crippen molar-refractivity contribution in [3.05, 3.63) is 29.1 Å². The van der Waals surface area contributed by atoms with Crippen LogP contribution in [0.1, 0.15) is 31.5 Å². The molecule has 0 aliphatic rings. The molecule has 3 N–H and O–H groups in total. The molecule has 4 heteroatoms. The van der Waals surface area contributed by atoms with Gasteiger partial charge in [0.15, 0.2) is 0 Å². The molecule has 0 unspecified atom stereocenters. The monoisotopic (exact) mass is 233 g/mol. The third-order valence-corrected chi connectivity index (χ3v) is 2.58. The fourth-order valence-corrected chi connectivity index (χ4v) is 1.59. The van der Waals surface area contributed by atoms with Gasteiger partial charge >= 0.3 is 0 Å². The van der Waals surface area contributed by atoms with Gasteiger partial charge in [-0.15, -0.1) is 0 Å². The van der Waals surface area contributed by atoms with E-state index in [9.17, 15) is 5.11 Å². The minimum Gasteiger partial charge on any atom is -0.506 e. The highest BCUT2D eigenvalue weighted by atomic mass is 16.3. The van der Waals surface area contributed by atoms with Gasteiger partial charge < -0.3 is 15.8 Å². The zero-order valence-corrected chi connectivity index (χ0v) is 10.5. The van der Waals surface area contributed by atoms with Crippen molar-refractivity contribution in [2.24, 2.45) is 0 Å². The Morgan fingerprint density at radius 2 is 2.24 bits per heavy atom. The Hall–Kier alpha value is -1.84. The largest absolute Gasteiger partial charge is 0.506 e. The fraction of sp³-hybridized carbons (Fsp3) is 0.385. The van der Waals surface area contributed by atoms with E-state index in [1.165, 1.54) is 6.21 Å². The quantitative estimate of drug-likeness (QED) is 0.684. The van der Waals surface area contributed by atoms with E-state index < -0.39 is 0 Å². The summed E-state index contributed by atoms with van der Waals surface area (Å²) in [7, 11) is 0. The minimum absolute atomic E-state index is 0.179. The Morgan fingerprint density at radius 1 is 1.53 bits per heavy atom. The van der Waals surface area contributed by atoms with Gasteiger partial charge in [-0.3, -0.25) is 4.98 Å². The number of aryl methyl sites for hydroxylation is 1. The van der Waals surface area contributed by atoms with Gasteiger partial charge in [0.25, 0.3) is 0 Å². The Balaban J connectivity index is 3.27. The van der Waals surface area contributed by atoms with Gasteiger partial charge in [0, 0.05) is 30.2 Å². The van der Waals surface area contributed by atoms with Crippen molar-refractivity contribution in [2.45, 2.75) is 27.2 Å². The van der Waals surface area contributed by atoms with Crippen molar-refractivity contribution in [2.75, 3.05) is 6.54 Å². The first-order chi connectivity index (χ1) is 8.13. The van der Waals surface area contributed by atoms with Gasteiger partial charge in [-0.25, -0.2) is 0 Å². The van der Waals surface area contributed by atoms with E-state index in [-0.39, 0.29) is 5.75 Å². The zero-order chi connectivity index (χ0) is 12.8. The molecule has 0 radical (unpaired) electrons.